The number of nitro groups is 1. The molecule has 0 unspecified atom stereocenters. The smallest absolute Gasteiger partial charge is 0.275 e. The molecule has 1 aromatic carbocycles. The Bertz CT molecular complexity index is 452. The Labute approximate surface area is 104 Å². The Balaban J connectivity index is 2.06. The summed E-state index contributed by atoms with van der Waals surface area (Å²) in [5.41, 5.74) is 0.752. The van der Waals surface area contributed by atoms with Gasteiger partial charge in [-0.25, -0.2) is 0 Å². The van der Waals surface area contributed by atoms with Gasteiger partial charge in [0.1, 0.15) is 0 Å². The van der Waals surface area contributed by atoms with Crippen molar-refractivity contribution in [3.8, 4) is 0 Å². The molecule has 0 amide bonds. The van der Waals surface area contributed by atoms with Crippen molar-refractivity contribution in [3.05, 3.63) is 51.1 Å². The van der Waals surface area contributed by atoms with Crippen molar-refractivity contribution >= 4 is 17.3 Å². The molecule has 0 atom stereocenters. The Hall–Kier alpha value is -1.39. The van der Waals surface area contributed by atoms with Gasteiger partial charge in [0.15, 0.2) is 0 Å². The van der Waals surface area contributed by atoms with Crippen LogP contribution in [0, 0.1) is 10.1 Å². The number of nitro benzene ring substituents is 1. The summed E-state index contributed by atoms with van der Waals surface area (Å²) < 4.78 is 0. The van der Waals surface area contributed by atoms with E-state index >= 15 is 0 Å². The number of nitrogens with zero attached hydrogens (tertiary/aromatic N) is 1. The molecule has 17 heavy (non-hydrogen) atoms. The molecule has 0 saturated heterocycles. The van der Waals surface area contributed by atoms with Gasteiger partial charge in [-0.05, 0) is 25.0 Å². The van der Waals surface area contributed by atoms with Crippen LogP contribution >= 0.6 is 11.6 Å². The van der Waals surface area contributed by atoms with Crippen LogP contribution in [0.2, 0.25) is 5.02 Å². The zero-order chi connectivity index (χ0) is 12.3. The minimum atomic E-state index is -0.393. The van der Waals surface area contributed by atoms with Gasteiger partial charge in [-0.1, -0.05) is 23.8 Å². The van der Waals surface area contributed by atoms with E-state index in [0.717, 1.165) is 12.8 Å². The van der Waals surface area contributed by atoms with Gasteiger partial charge < -0.3 is 5.32 Å². The van der Waals surface area contributed by atoms with Crippen molar-refractivity contribution < 1.29 is 4.92 Å². The maximum absolute atomic E-state index is 10.9. The standard InChI is InChI=1S/C12H13ClN2O2/c13-10-6-5-9(12(7-10)15(16)17)8-14-11-3-1-2-4-11/h1-2,5-7,11,14H,3-4,8H2. The first-order chi connectivity index (χ1) is 8.16. The Morgan fingerprint density at radius 1 is 1.41 bits per heavy atom. The molecule has 90 valence electrons. The summed E-state index contributed by atoms with van der Waals surface area (Å²) in [6.07, 6.45) is 6.21. The average molecular weight is 253 g/mol. The van der Waals surface area contributed by atoms with E-state index in [2.05, 4.69) is 17.5 Å². The third-order valence-corrected chi connectivity index (χ3v) is 3.07. The van der Waals surface area contributed by atoms with Gasteiger partial charge in [-0.2, -0.15) is 0 Å². The Morgan fingerprint density at radius 3 is 2.76 bits per heavy atom. The second-order valence-corrected chi connectivity index (χ2v) is 4.49. The predicted molar refractivity (Wildman–Crippen MR) is 67.1 cm³/mol. The summed E-state index contributed by atoms with van der Waals surface area (Å²) in [6, 6.07) is 5.17. The van der Waals surface area contributed by atoms with E-state index in [1.165, 1.54) is 6.07 Å². The van der Waals surface area contributed by atoms with Crippen LogP contribution in [0.1, 0.15) is 18.4 Å². The molecule has 1 N–H and O–H groups in total. The van der Waals surface area contributed by atoms with Crippen molar-refractivity contribution in [2.45, 2.75) is 25.4 Å². The van der Waals surface area contributed by atoms with E-state index in [0.29, 0.717) is 23.2 Å². The summed E-state index contributed by atoms with van der Waals surface area (Å²) in [4.78, 5) is 10.5. The zero-order valence-electron chi connectivity index (χ0n) is 9.23. The number of nitrogens with one attached hydrogen (secondary N) is 1. The first-order valence-corrected chi connectivity index (χ1v) is 5.86. The monoisotopic (exact) mass is 252 g/mol. The summed E-state index contributed by atoms with van der Waals surface area (Å²) in [6.45, 7) is 0.500. The van der Waals surface area contributed by atoms with Crippen molar-refractivity contribution in [1.82, 2.24) is 5.32 Å². The van der Waals surface area contributed by atoms with E-state index in [9.17, 15) is 10.1 Å². The summed E-state index contributed by atoms with van der Waals surface area (Å²) in [7, 11) is 0. The number of benzene rings is 1. The molecule has 0 saturated carbocycles. The topological polar surface area (TPSA) is 55.2 Å². The number of rotatable bonds is 4. The lowest BCUT2D eigenvalue weighted by Crippen LogP contribution is -2.25. The summed E-state index contributed by atoms with van der Waals surface area (Å²) in [5.74, 6) is 0. The second-order valence-electron chi connectivity index (χ2n) is 4.05. The lowest BCUT2D eigenvalue weighted by Gasteiger charge is -2.11. The van der Waals surface area contributed by atoms with Crippen LogP contribution in [-0.2, 0) is 6.54 Å². The van der Waals surface area contributed by atoms with Crippen molar-refractivity contribution in [3.63, 3.8) is 0 Å². The Morgan fingerprint density at radius 2 is 2.12 bits per heavy atom. The fourth-order valence-electron chi connectivity index (χ4n) is 1.89. The van der Waals surface area contributed by atoms with Crippen molar-refractivity contribution in [2.24, 2.45) is 0 Å². The predicted octanol–water partition coefficient (Wildman–Crippen LogP) is 3.06. The highest BCUT2D eigenvalue weighted by molar-refractivity contribution is 6.30. The molecule has 0 fully saturated rings. The third kappa shape index (κ3) is 3.05. The molecular formula is C12H13ClN2O2. The van der Waals surface area contributed by atoms with Gasteiger partial charge in [-0.3, -0.25) is 10.1 Å². The minimum Gasteiger partial charge on any atom is -0.309 e. The van der Waals surface area contributed by atoms with Gasteiger partial charge in [0, 0.05) is 29.2 Å². The molecule has 1 aliphatic rings. The molecule has 4 nitrogen and oxygen atoms in total. The molecule has 0 heterocycles. The normalized spacial score (nSPS) is 15.4. The molecule has 2 rings (SSSR count). The highest BCUT2D eigenvalue weighted by Gasteiger charge is 2.16. The molecule has 0 spiro atoms. The van der Waals surface area contributed by atoms with E-state index in [4.69, 9.17) is 11.6 Å². The van der Waals surface area contributed by atoms with Gasteiger partial charge in [0.2, 0.25) is 0 Å². The maximum atomic E-state index is 10.9. The molecule has 0 aliphatic heterocycles. The van der Waals surface area contributed by atoms with Gasteiger partial charge in [-0.15, -0.1) is 0 Å². The van der Waals surface area contributed by atoms with Crippen LogP contribution in [0.3, 0.4) is 0 Å². The van der Waals surface area contributed by atoms with E-state index in [1.807, 2.05) is 0 Å². The average Bonchev–Trinajstić information content (AvgIpc) is 2.80. The van der Waals surface area contributed by atoms with Crippen LogP contribution in [0.5, 0.6) is 0 Å². The largest absolute Gasteiger partial charge is 0.309 e. The molecule has 0 bridgehead atoms. The summed E-state index contributed by atoms with van der Waals surface area (Å²) in [5, 5.41) is 14.6. The summed E-state index contributed by atoms with van der Waals surface area (Å²) >= 11 is 5.75. The number of halogens is 1. The molecule has 0 aromatic heterocycles. The van der Waals surface area contributed by atoms with Crippen LogP contribution in [-0.4, -0.2) is 11.0 Å². The van der Waals surface area contributed by atoms with E-state index in [1.54, 1.807) is 12.1 Å². The maximum Gasteiger partial charge on any atom is 0.275 e. The Kier molecular flexibility index (Phi) is 3.76. The molecule has 5 heteroatoms. The quantitative estimate of drug-likeness (QED) is 0.509. The van der Waals surface area contributed by atoms with Crippen molar-refractivity contribution in [2.75, 3.05) is 0 Å². The lowest BCUT2D eigenvalue weighted by atomic mass is 10.1. The molecule has 1 aromatic rings. The van der Waals surface area contributed by atoms with Gasteiger partial charge in [0.25, 0.3) is 5.69 Å². The number of hydrogen-bond donors (Lipinski definition) is 1. The highest BCUT2D eigenvalue weighted by Crippen LogP contribution is 2.23. The third-order valence-electron chi connectivity index (χ3n) is 2.83. The number of hydrogen-bond acceptors (Lipinski definition) is 3. The highest BCUT2D eigenvalue weighted by atomic mass is 35.5. The molecule has 1 aliphatic carbocycles. The first kappa shape index (κ1) is 12.1. The lowest BCUT2D eigenvalue weighted by molar-refractivity contribution is -0.385. The fraction of sp³-hybridized carbons (Fsp3) is 0.333. The first-order valence-electron chi connectivity index (χ1n) is 5.48. The molecular weight excluding hydrogens is 240 g/mol. The molecule has 0 radical (unpaired) electrons. The van der Waals surface area contributed by atoms with Gasteiger partial charge >= 0.3 is 0 Å². The van der Waals surface area contributed by atoms with E-state index < -0.39 is 4.92 Å². The minimum absolute atomic E-state index is 0.0796. The zero-order valence-corrected chi connectivity index (χ0v) is 9.98. The van der Waals surface area contributed by atoms with Crippen LogP contribution in [0.25, 0.3) is 0 Å². The fourth-order valence-corrected chi connectivity index (χ4v) is 2.06. The van der Waals surface area contributed by atoms with Crippen molar-refractivity contribution in [1.29, 1.82) is 0 Å². The van der Waals surface area contributed by atoms with Crippen LogP contribution < -0.4 is 5.32 Å². The SMILES string of the molecule is O=[N+]([O-])c1cc(Cl)ccc1CNC1CC=CC1. The van der Waals surface area contributed by atoms with E-state index in [-0.39, 0.29) is 5.69 Å². The van der Waals surface area contributed by atoms with Crippen LogP contribution in [0.15, 0.2) is 30.4 Å². The van der Waals surface area contributed by atoms with Crippen LogP contribution in [0.4, 0.5) is 5.69 Å². The second kappa shape index (κ2) is 5.29. The van der Waals surface area contributed by atoms with Gasteiger partial charge in [0.05, 0.1) is 4.92 Å².